The van der Waals surface area contributed by atoms with Crippen molar-refractivity contribution in [2.75, 3.05) is 26.9 Å². The molecular formula is C30H32F4N4O6. The van der Waals surface area contributed by atoms with Gasteiger partial charge in [0, 0.05) is 16.7 Å². The van der Waals surface area contributed by atoms with E-state index in [9.17, 15) is 32.6 Å². The number of fused-ring (bicyclic) bond motifs is 1. The Morgan fingerprint density at radius 3 is 2.45 bits per heavy atom. The molecule has 4 rings (SSSR count). The minimum Gasteiger partial charge on any atom is -0.493 e. The molecule has 1 unspecified atom stereocenters. The van der Waals surface area contributed by atoms with Crippen molar-refractivity contribution in [3.8, 4) is 28.5 Å². The Morgan fingerprint density at radius 2 is 1.86 bits per heavy atom. The highest BCUT2D eigenvalue weighted by Crippen LogP contribution is 2.47. The van der Waals surface area contributed by atoms with Gasteiger partial charge in [0.05, 0.1) is 36.8 Å². The van der Waals surface area contributed by atoms with Crippen molar-refractivity contribution in [3.05, 3.63) is 71.2 Å². The van der Waals surface area contributed by atoms with Gasteiger partial charge in [-0.25, -0.2) is 9.37 Å². The molecule has 5 N–H and O–H groups in total. The van der Waals surface area contributed by atoms with Gasteiger partial charge in [-0.05, 0) is 69.3 Å². The van der Waals surface area contributed by atoms with Crippen LogP contribution in [-0.4, -0.2) is 66.1 Å². The van der Waals surface area contributed by atoms with E-state index in [4.69, 9.17) is 19.6 Å². The number of carbonyl (C=O) groups is 1. The highest BCUT2D eigenvalue weighted by atomic mass is 19.4. The van der Waals surface area contributed by atoms with Crippen LogP contribution in [0.2, 0.25) is 0 Å². The first-order chi connectivity index (χ1) is 20.6. The zero-order chi connectivity index (χ0) is 32.4. The van der Waals surface area contributed by atoms with E-state index in [1.165, 1.54) is 51.3 Å². The first-order valence-corrected chi connectivity index (χ1v) is 13.4. The molecule has 3 aromatic rings. The molecule has 0 saturated carbocycles. The third-order valence-corrected chi connectivity index (χ3v) is 6.96. The van der Waals surface area contributed by atoms with Crippen LogP contribution in [0.3, 0.4) is 0 Å². The molecule has 1 aromatic heterocycles. The fourth-order valence-electron chi connectivity index (χ4n) is 4.70. The number of hydrogen-bond acceptors (Lipinski definition) is 8. The molecule has 10 nitrogen and oxygen atoms in total. The summed E-state index contributed by atoms with van der Waals surface area (Å²) in [7, 11) is 1.30. The number of aromatic nitrogens is 1. The van der Waals surface area contributed by atoms with Gasteiger partial charge >= 0.3 is 6.18 Å². The highest BCUT2D eigenvalue weighted by molar-refractivity contribution is 5.95. The van der Waals surface area contributed by atoms with E-state index in [1.807, 2.05) is 0 Å². The second-order valence-electron chi connectivity index (χ2n) is 10.7. The molecule has 0 fully saturated rings. The third-order valence-electron chi connectivity index (χ3n) is 6.96. The van der Waals surface area contributed by atoms with Gasteiger partial charge in [0.25, 0.3) is 5.91 Å². The molecule has 2 aromatic carbocycles. The number of alkyl halides is 3. The van der Waals surface area contributed by atoms with Crippen LogP contribution in [-0.2, 0) is 11.1 Å². The second-order valence-corrected chi connectivity index (χ2v) is 10.7. The average Bonchev–Trinajstić information content (AvgIpc) is 3.29. The van der Waals surface area contributed by atoms with Gasteiger partial charge in [-0.15, -0.1) is 0 Å². The van der Waals surface area contributed by atoms with E-state index < -0.39 is 47.4 Å². The van der Waals surface area contributed by atoms with Crippen molar-refractivity contribution in [2.24, 2.45) is 0 Å². The lowest BCUT2D eigenvalue weighted by Gasteiger charge is -2.32. The summed E-state index contributed by atoms with van der Waals surface area (Å²) < 4.78 is 74.2. The van der Waals surface area contributed by atoms with E-state index in [-0.39, 0.29) is 58.7 Å². The molecule has 0 bridgehead atoms. The zero-order valence-corrected chi connectivity index (χ0v) is 24.3. The van der Waals surface area contributed by atoms with Gasteiger partial charge in [0.1, 0.15) is 24.7 Å². The normalized spacial score (nSPS) is 18.0. The molecule has 44 heavy (non-hydrogen) atoms. The number of nitrogens with zero attached hydrogens (tertiary/aromatic N) is 1. The summed E-state index contributed by atoms with van der Waals surface area (Å²) in [5, 5.41) is 33.6. The maximum Gasteiger partial charge on any atom is 0.424 e. The lowest BCUT2D eigenvalue weighted by Crippen LogP contribution is -2.52. The Kier molecular flexibility index (Phi) is 9.07. The van der Waals surface area contributed by atoms with E-state index in [1.54, 1.807) is 6.92 Å². The summed E-state index contributed by atoms with van der Waals surface area (Å²) in [5.74, 6) is -1.12. The molecule has 236 valence electrons. The van der Waals surface area contributed by atoms with Gasteiger partial charge in [0.15, 0.2) is 17.2 Å². The van der Waals surface area contributed by atoms with Crippen molar-refractivity contribution in [3.63, 3.8) is 0 Å². The van der Waals surface area contributed by atoms with Crippen molar-refractivity contribution < 1.29 is 46.8 Å². The van der Waals surface area contributed by atoms with Gasteiger partial charge in [-0.2, -0.15) is 13.2 Å². The zero-order valence-electron chi connectivity index (χ0n) is 24.3. The maximum atomic E-state index is 14.7. The monoisotopic (exact) mass is 620 g/mol. The number of ether oxygens (including phenoxy) is 3. The number of amides is 1. The van der Waals surface area contributed by atoms with Crippen LogP contribution < -0.4 is 24.8 Å². The molecule has 0 spiro atoms. The molecular weight excluding hydrogens is 588 g/mol. The highest BCUT2D eigenvalue weighted by Gasteiger charge is 2.57. The molecule has 2 heterocycles. The minimum absolute atomic E-state index is 0.0155. The number of hydrogen-bond donors (Lipinski definition) is 5. The third kappa shape index (κ3) is 6.55. The Labute approximate surface area is 250 Å². The van der Waals surface area contributed by atoms with Crippen LogP contribution in [0.5, 0.6) is 17.2 Å². The quantitative estimate of drug-likeness (QED) is 0.130. The van der Waals surface area contributed by atoms with Crippen LogP contribution >= 0.6 is 0 Å². The van der Waals surface area contributed by atoms with Crippen LogP contribution in [0.1, 0.15) is 42.4 Å². The number of methoxy groups -OCH3 is 1. The largest absolute Gasteiger partial charge is 0.493 e. The molecule has 14 heteroatoms. The van der Waals surface area contributed by atoms with E-state index in [0.29, 0.717) is 0 Å². The van der Waals surface area contributed by atoms with E-state index in [0.717, 1.165) is 18.2 Å². The van der Waals surface area contributed by atoms with Crippen molar-refractivity contribution in [2.45, 2.75) is 44.2 Å². The van der Waals surface area contributed by atoms with Crippen molar-refractivity contribution in [1.82, 2.24) is 15.6 Å². The summed E-state index contributed by atoms with van der Waals surface area (Å²) in [4.78, 5) is 17.1. The summed E-state index contributed by atoms with van der Waals surface area (Å²) >= 11 is 0. The number of halogens is 4. The van der Waals surface area contributed by atoms with Crippen LogP contribution in [0.4, 0.5) is 17.6 Å². The molecule has 3 atom stereocenters. The number of aliphatic hydroxyl groups is 2. The first-order valence-electron chi connectivity index (χ1n) is 13.4. The molecule has 1 aliphatic heterocycles. The van der Waals surface area contributed by atoms with Gasteiger partial charge in [0.2, 0.25) is 5.60 Å². The topological polar surface area (TPSA) is 146 Å². The number of rotatable bonds is 10. The summed E-state index contributed by atoms with van der Waals surface area (Å²) in [5.41, 5.74) is -5.46. The van der Waals surface area contributed by atoms with Crippen LogP contribution in [0.25, 0.3) is 11.3 Å². The number of aliphatic hydroxyl groups excluding tert-OH is 1. The lowest BCUT2D eigenvalue weighted by atomic mass is 9.88. The predicted molar refractivity (Wildman–Crippen MR) is 151 cm³/mol. The van der Waals surface area contributed by atoms with Crippen LogP contribution in [0, 0.1) is 11.2 Å². The number of carbonyl (C=O) groups excluding carboxylic acids is 1. The smallest absolute Gasteiger partial charge is 0.424 e. The summed E-state index contributed by atoms with van der Waals surface area (Å²) in [6, 6.07) is 9.76. The van der Waals surface area contributed by atoms with Crippen molar-refractivity contribution >= 4 is 11.7 Å². The minimum atomic E-state index is -5.32. The number of pyridine rings is 1. The second kappa shape index (κ2) is 12.3. The maximum absolute atomic E-state index is 14.7. The van der Waals surface area contributed by atoms with Crippen molar-refractivity contribution in [1.29, 1.82) is 5.41 Å². The van der Waals surface area contributed by atoms with Gasteiger partial charge in [-0.1, -0.05) is 0 Å². The Morgan fingerprint density at radius 1 is 1.18 bits per heavy atom. The molecule has 0 aliphatic carbocycles. The molecule has 1 amide bonds. The number of nitrogens with one attached hydrogen (secondary N) is 3. The number of benzene rings is 2. The Hall–Kier alpha value is -4.43. The van der Waals surface area contributed by atoms with Gasteiger partial charge < -0.3 is 35.1 Å². The predicted octanol–water partition coefficient (Wildman–Crippen LogP) is 4.03. The molecule has 1 aliphatic rings. The lowest BCUT2D eigenvalue weighted by molar-refractivity contribution is -0.265. The fraction of sp³-hybridized carbons (Fsp3) is 0.367. The standard InChI is InChI=1S/C30H32F4N4O6/c1-16(39)13-43-22-10-7-19(11-23(22)42-4)27(40)36-14-29(41,30(32,33)34)24-12-21-26(44-15-28(21,3)38-17(2)35)25(37-24)18-5-8-20(31)9-6-18/h5-12,16,39,41H,13-15H2,1-4H3,(H2,35,38)(H,36,40)/t16-,28-,29?/m1/s1. The molecule has 0 radical (unpaired) electrons. The summed E-state index contributed by atoms with van der Waals surface area (Å²) in [6.07, 6.45) is -6.10. The Bertz CT molecular complexity index is 1550. The average molecular weight is 621 g/mol. The Balaban J connectivity index is 1.74. The number of amidine groups is 1. The van der Waals surface area contributed by atoms with E-state index in [2.05, 4.69) is 15.6 Å². The van der Waals surface area contributed by atoms with Gasteiger partial charge in [-0.3, -0.25) is 10.2 Å². The summed E-state index contributed by atoms with van der Waals surface area (Å²) in [6.45, 7) is 3.12. The van der Waals surface area contributed by atoms with E-state index >= 15 is 0 Å². The fourth-order valence-corrected chi connectivity index (χ4v) is 4.70. The molecule has 0 saturated heterocycles. The SMILES string of the molecule is COc1cc(C(=O)NCC(O)(c2cc3c(c(-c4ccc(F)cc4)n2)OC[C@@]3(C)NC(C)=N)C(F)(F)F)ccc1OC[C@@H](C)O. The van der Waals surface area contributed by atoms with Crippen LogP contribution in [0.15, 0.2) is 48.5 Å². The first kappa shape index (κ1) is 32.5.